The Balaban J connectivity index is 3.46. The SMILES string of the molecule is O=P(O)(O)c1cc(Cl)cc(Cl)c1Cl. The van der Waals surface area contributed by atoms with Gasteiger partial charge in [-0.2, -0.15) is 0 Å². The zero-order valence-electron chi connectivity index (χ0n) is 6.04. The van der Waals surface area contributed by atoms with Gasteiger partial charge in [-0.25, -0.2) is 0 Å². The van der Waals surface area contributed by atoms with Crippen LogP contribution in [0.2, 0.25) is 15.1 Å². The fourth-order valence-electron chi connectivity index (χ4n) is 0.754. The number of hydrogen-bond donors (Lipinski definition) is 2. The minimum absolute atomic E-state index is 0.0208. The highest BCUT2D eigenvalue weighted by atomic mass is 35.5. The lowest BCUT2D eigenvalue weighted by molar-refractivity contribution is 0.387. The van der Waals surface area contributed by atoms with Crippen LogP contribution in [0.15, 0.2) is 12.1 Å². The van der Waals surface area contributed by atoms with Crippen LogP contribution in [0, 0.1) is 0 Å². The zero-order valence-corrected chi connectivity index (χ0v) is 9.20. The molecule has 0 unspecified atom stereocenters. The maximum Gasteiger partial charge on any atom is 0.357 e. The van der Waals surface area contributed by atoms with E-state index in [9.17, 15) is 4.57 Å². The van der Waals surface area contributed by atoms with Crippen LogP contribution in [0.5, 0.6) is 0 Å². The van der Waals surface area contributed by atoms with Crippen molar-refractivity contribution in [2.45, 2.75) is 0 Å². The molecule has 13 heavy (non-hydrogen) atoms. The van der Waals surface area contributed by atoms with Gasteiger partial charge in [0.15, 0.2) is 0 Å². The van der Waals surface area contributed by atoms with Crippen LogP contribution in [0.25, 0.3) is 0 Å². The molecular weight excluding hydrogens is 257 g/mol. The summed E-state index contributed by atoms with van der Waals surface area (Å²) in [7, 11) is -4.41. The Kier molecular flexibility index (Phi) is 3.29. The van der Waals surface area contributed by atoms with Gasteiger partial charge in [-0.1, -0.05) is 34.8 Å². The number of halogens is 3. The Morgan fingerprint density at radius 2 is 1.69 bits per heavy atom. The average molecular weight is 261 g/mol. The quantitative estimate of drug-likeness (QED) is 0.603. The molecule has 72 valence electrons. The fraction of sp³-hybridized carbons (Fsp3) is 0. The van der Waals surface area contributed by atoms with Gasteiger partial charge in [0.05, 0.1) is 15.3 Å². The Morgan fingerprint density at radius 3 is 2.15 bits per heavy atom. The van der Waals surface area contributed by atoms with E-state index in [0.717, 1.165) is 6.07 Å². The van der Waals surface area contributed by atoms with Crippen molar-refractivity contribution < 1.29 is 14.4 Å². The summed E-state index contributed by atoms with van der Waals surface area (Å²) in [5, 5.41) is -0.369. The molecule has 1 aromatic carbocycles. The third-order valence-electron chi connectivity index (χ3n) is 1.29. The smallest absolute Gasteiger partial charge is 0.321 e. The Bertz CT molecular complexity index is 387. The normalized spacial score (nSPS) is 11.8. The average Bonchev–Trinajstić information content (AvgIpc) is 1.94. The van der Waals surface area contributed by atoms with Gasteiger partial charge in [0, 0.05) is 5.02 Å². The predicted octanol–water partition coefficient (Wildman–Crippen LogP) is 2.45. The molecule has 2 N–H and O–H groups in total. The lowest BCUT2D eigenvalue weighted by atomic mass is 10.4. The second-order valence-electron chi connectivity index (χ2n) is 2.26. The van der Waals surface area contributed by atoms with Gasteiger partial charge in [-0.3, -0.25) is 4.57 Å². The van der Waals surface area contributed by atoms with Crippen molar-refractivity contribution >= 4 is 47.7 Å². The number of rotatable bonds is 1. The maximum absolute atomic E-state index is 10.9. The minimum Gasteiger partial charge on any atom is -0.321 e. The highest BCUT2D eigenvalue weighted by molar-refractivity contribution is 7.60. The van der Waals surface area contributed by atoms with E-state index in [1.165, 1.54) is 6.07 Å². The molecule has 0 fully saturated rings. The summed E-state index contributed by atoms with van der Waals surface area (Å²) in [4.78, 5) is 17.7. The van der Waals surface area contributed by atoms with Crippen LogP contribution < -0.4 is 5.30 Å². The molecule has 0 saturated carbocycles. The van der Waals surface area contributed by atoms with Crippen LogP contribution in [-0.4, -0.2) is 9.79 Å². The van der Waals surface area contributed by atoms with Crippen molar-refractivity contribution in [1.29, 1.82) is 0 Å². The van der Waals surface area contributed by atoms with E-state index >= 15 is 0 Å². The third kappa shape index (κ3) is 2.59. The molecular formula is C6H4Cl3O3P. The van der Waals surface area contributed by atoms with E-state index in [1.807, 2.05) is 0 Å². The number of hydrogen-bond acceptors (Lipinski definition) is 1. The molecule has 7 heteroatoms. The molecule has 0 atom stereocenters. The second kappa shape index (κ2) is 3.77. The molecule has 0 saturated heterocycles. The van der Waals surface area contributed by atoms with Gasteiger partial charge < -0.3 is 9.79 Å². The summed E-state index contributed by atoms with van der Waals surface area (Å²) in [6, 6.07) is 2.40. The molecule has 1 rings (SSSR count). The molecule has 0 radical (unpaired) electrons. The summed E-state index contributed by atoms with van der Waals surface area (Å²) in [5.74, 6) is 0. The molecule has 0 aromatic heterocycles. The highest BCUT2D eigenvalue weighted by Crippen LogP contribution is 2.39. The predicted molar refractivity (Wildman–Crippen MR) is 53.2 cm³/mol. The van der Waals surface area contributed by atoms with E-state index in [4.69, 9.17) is 44.6 Å². The molecule has 0 heterocycles. The Labute approximate surface area is 89.4 Å². The van der Waals surface area contributed by atoms with E-state index in [-0.39, 0.29) is 20.4 Å². The standard InChI is InChI=1S/C6H4Cl3O3P/c7-3-1-4(8)6(9)5(2-3)13(10,11)12/h1-2H,(H2,10,11,12). The van der Waals surface area contributed by atoms with E-state index < -0.39 is 7.60 Å². The first kappa shape index (κ1) is 11.3. The van der Waals surface area contributed by atoms with Crippen molar-refractivity contribution in [3.05, 3.63) is 27.2 Å². The van der Waals surface area contributed by atoms with Crippen LogP contribution in [0.1, 0.15) is 0 Å². The highest BCUT2D eigenvalue weighted by Gasteiger charge is 2.23. The monoisotopic (exact) mass is 260 g/mol. The summed E-state index contributed by atoms with van der Waals surface area (Å²) in [5.41, 5.74) is 0. The first-order valence-electron chi connectivity index (χ1n) is 3.03. The lowest BCUT2D eigenvalue weighted by Gasteiger charge is -2.07. The molecule has 0 spiro atoms. The van der Waals surface area contributed by atoms with Crippen LogP contribution in [-0.2, 0) is 4.57 Å². The molecule has 3 nitrogen and oxygen atoms in total. The minimum atomic E-state index is -4.41. The number of benzene rings is 1. The van der Waals surface area contributed by atoms with Crippen molar-refractivity contribution in [3.8, 4) is 0 Å². The van der Waals surface area contributed by atoms with Crippen molar-refractivity contribution in [2.75, 3.05) is 0 Å². The first-order valence-corrected chi connectivity index (χ1v) is 5.77. The molecule has 0 aliphatic rings. The molecule has 0 aliphatic heterocycles. The van der Waals surface area contributed by atoms with Gasteiger partial charge in [-0.05, 0) is 12.1 Å². The molecule has 0 bridgehead atoms. The largest absolute Gasteiger partial charge is 0.357 e. The fourth-order valence-corrected chi connectivity index (χ4v) is 2.51. The van der Waals surface area contributed by atoms with Gasteiger partial charge in [0.25, 0.3) is 0 Å². The second-order valence-corrected chi connectivity index (χ2v) is 5.06. The van der Waals surface area contributed by atoms with E-state index in [1.54, 1.807) is 0 Å². The Morgan fingerprint density at radius 1 is 1.15 bits per heavy atom. The van der Waals surface area contributed by atoms with Gasteiger partial charge in [0.2, 0.25) is 0 Å². The molecule has 0 amide bonds. The third-order valence-corrected chi connectivity index (χ3v) is 3.42. The lowest BCUT2D eigenvalue weighted by Crippen LogP contribution is -2.05. The van der Waals surface area contributed by atoms with Crippen LogP contribution in [0.4, 0.5) is 0 Å². The summed E-state index contributed by atoms with van der Waals surface area (Å²) in [6.07, 6.45) is 0. The molecule has 1 aromatic rings. The van der Waals surface area contributed by atoms with Crippen molar-refractivity contribution in [2.24, 2.45) is 0 Å². The molecule has 0 aliphatic carbocycles. The van der Waals surface area contributed by atoms with Gasteiger partial charge >= 0.3 is 7.60 Å². The zero-order chi connectivity index (χ0) is 10.2. The van der Waals surface area contributed by atoms with Crippen molar-refractivity contribution in [1.82, 2.24) is 0 Å². The topological polar surface area (TPSA) is 57.5 Å². The van der Waals surface area contributed by atoms with Crippen molar-refractivity contribution in [3.63, 3.8) is 0 Å². The summed E-state index contributed by atoms with van der Waals surface area (Å²) < 4.78 is 10.9. The summed E-state index contributed by atoms with van der Waals surface area (Å²) in [6.45, 7) is 0. The Hall–Kier alpha value is 0.240. The van der Waals surface area contributed by atoms with Gasteiger partial charge in [-0.15, -0.1) is 0 Å². The van der Waals surface area contributed by atoms with E-state index in [0.29, 0.717) is 0 Å². The first-order chi connectivity index (χ1) is 5.82. The van der Waals surface area contributed by atoms with E-state index in [2.05, 4.69) is 0 Å². The maximum atomic E-state index is 10.9. The summed E-state index contributed by atoms with van der Waals surface area (Å²) >= 11 is 16.7. The van der Waals surface area contributed by atoms with Crippen LogP contribution in [0.3, 0.4) is 0 Å². The van der Waals surface area contributed by atoms with Gasteiger partial charge in [0.1, 0.15) is 0 Å². The van der Waals surface area contributed by atoms with Crippen LogP contribution >= 0.6 is 42.4 Å².